The summed E-state index contributed by atoms with van der Waals surface area (Å²) in [5, 5.41) is 0. The molecule has 0 N–H and O–H groups in total. The molecule has 1 aromatic rings. The molecule has 0 radical (unpaired) electrons. The van der Waals surface area contributed by atoms with Gasteiger partial charge < -0.3 is 9.47 Å². The van der Waals surface area contributed by atoms with Crippen LogP contribution in [0.4, 0.5) is 0 Å². The minimum Gasteiger partial charge on any atom is -0.496 e. The molecule has 0 heterocycles. The maximum atomic E-state index is 11.1. The number of carbonyl (C=O) groups is 1. The second-order valence-corrected chi connectivity index (χ2v) is 5.63. The van der Waals surface area contributed by atoms with Crippen LogP contribution in [0.1, 0.15) is 57.4 Å². The highest BCUT2D eigenvalue weighted by molar-refractivity contribution is 5.81. The van der Waals surface area contributed by atoms with Gasteiger partial charge in [0.2, 0.25) is 0 Å². The monoisotopic (exact) mass is 318 g/mol. The molecule has 0 aliphatic rings. The highest BCUT2D eigenvalue weighted by Gasteiger charge is 2.00. The molecule has 1 rings (SSSR count). The first-order valence-corrected chi connectivity index (χ1v) is 8.73. The van der Waals surface area contributed by atoms with Gasteiger partial charge in [-0.25, -0.2) is 4.79 Å². The van der Waals surface area contributed by atoms with Crippen LogP contribution in [0.25, 0.3) is 0 Å². The van der Waals surface area contributed by atoms with Gasteiger partial charge in [-0.05, 0) is 44.2 Å². The van der Waals surface area contributed by atoms with Gasteiger partial charge in [0, 0.05) is 6.08 Å². The summed E-state index contributed by atoms with van der Waals surface area (Å²) in [6.45, 7) is 2.26. The minimum absolute atomic E-state index is 0.233. The Bertz CT molecular complexity index is 466. The molecule has 0 aliphatic heterocycles. The van der Waals surface area contributed by atoms with Crippen LogP contribution in [0, 0.1) is 0 Å². The van der Waals surface area contributed by atoms with Gasteiger partial charge >= 0.3 is 5.97 Å². The lowest BCUT2D eigenvalue weighted by Gasteiger charge is -2.07. The summed E-state index contributed by atoms with van der Waals surface area (Å²) >= 11 is 0. The van der Waals surface area contributed by atoms with Gasteiger partial charge in [0.05, 0.1) is 13.7 Å². The van der Waals surface area contributed by atoms with E-state index in [4.69, 9.17) is 9.47 Å². The van der Waals surface area contributed by atoms with Crippen molar-refractivity contribution in [3.8, 4) is 5.75 Å². The lowest BCUT2D eigenvalue weighted by atomic mass is 10.0. The Morgan fingerprint density at radius 3 is 2.48 bits per heavy atom. The maximum Gasteiger partial charge on any atom is 0.330 e. The molecule has 0 atom stereocenters. The van der Waals surface area contributed by atoms with Gasteiger partial charge in [-0.15, -0.1) is 0 Å². The van der Waals surface area contributed by atoms with Crippen LogP contribution in [0.15, 0.2) is 36.4 Å². The number of hydrogen-bond acceptors (Lipinski definition) is 3. The van der Waals surface area contributed by atoms with Gasteiger partial charge in [-0.2, -0.15) is 0 Å². The number of hydrogen-bond donors (Lipinski definition) is 0. The number of methoxy groups -OCH3 is 1. The molecule has 1 aromatic carbocycles. The molecular weight excluding hydrogens is 288 g/mol. The highest BCUT2D eigenvalue weighted by Crippen LogP contribution is 2.20. The summed E-state index contributed by atoms with van der Waals surface area (Å²) in [6, 6.07) is 8.26. The van der Waals surface area contributed by atoms with Crippen molar-refractivity contribution in [1.29, 1.82) is 0 Å². The summed E-state index contributed by atoms with van der Waals surface area (Å²) in [4.78, 5) is 11.1. The first kappa shape index (κ1) is 19.3. The molecule has 0 saturated carbocycles. The molecule has 0 saturated heterocycles. The van der Waals surface area contributed by atoms with E-state index in [9.17, 15) is 4.79 Å². The molecule has 0 fully saturated rings. The second-order valence-electron chi connectivity index (χ2n) is 5.63. The number of aryl methyl sites for hydroxylation is 1. The highest BCUT2D eigenvalue weighted by atomic mass is 16.5. The van der Waals surface area contributed by atoms with E-state index < -0.39 is 0 Å². The molecule has 0 unspecified atom stereocenters. The van der Waals surface area contributed by atoms with E-state index in [1.807, 2.05) is 25.1 Å². The smallest absolute Gasteiger partial charge is 0.330 e. The normalized spacial score (nSPS) is 10.9. The van der Waals surface area contributed by atoms with Crippen molar-refractivity contribution >= 4 is 5.97 Å². The van der Waals surface area contributed by atoms with E-state index >= 15 is 0 Å². The third-order valence-corrected chi connectivity index (χ3v) is 3.80. The van der Waals surface area contributed by atoms with Gasteiger partial charge in [0.1, 0.15) is 5.75 Å². The summed E-state index contributed by atoms with van der Waals surface area (Å²) in [5.41, 5.74) is 1.30. The van der Waals surface area contributed by atoms with Crippen molar-refractivity contribution in [3.63, 3.8) is 0 Å². The molecule has 3 heteroatoms. The summed E-state index contributed by atoms with van der Waals surface area (Å²) in [7, 11) is 1.73. The minimum atomic E-state index is -0.233. The van der Waals surface area contributed by atoms with Crippen molar-refractivity contribution < 1.29 is 14.3 Å². The van der Waals surface area contributed by atoms with Gasteiger partial charge in [0.15, 0.2) is 0 Å². The number of ether oxygens (including phenoxy) is 2. The predicted molar refractivity (Wildman–Crippen MR) is 94.8 cm³/mol. The number of benzene rings is 1. The van der Waals surface area contributed by atoms with E-state index in [0.717, 1.165) is 25.0 Å². The average molecular weight is 318 g/mol. The molecular formula is C20H30O3. The fraction of sp³-hybridized carbons (Fsp3) is 0.550. The Morgan fingerprint density at radius 2 is 1.74 bits per heavy atom. The second kappa shape index (κ2) is 12.7. The van der Waals surface area contributed by atoms with Crippen molar-refractivity contribution in [2.45, 2.75) is 58.3 Å². The van der Waals surface area contributed by atoms with E-state index in [1.54, 1.807) is 7.11 Å². The molecule has 0 amide bonds. The Labute approximate surface area is 140 Å². The number of carbonyl (C=O) groups excluding carboxylic acids is 1. The number of rotatable bonds is 12. The van der Waals surface area contributed by atoms with E-state index in [1.165, 1.54) is 43.7 Å². The summed E-state index contributed by atoms with van der Waals surface area (Å²) in [5.74, 6) is 0.768. The molecule has 23 heavy (non-hydrogen) atoms. The first-order valence-electron chi connectivity index (χ1n) is 8.73. The van der Waals surface area contributed by atoms with Crippen LogP contribution in [0.2, 0.25) is 0 Å². The average Bonchev–Trinajstić information content (AvgIpc) is 2.57. The maximum absolute atomic E-state index is 11.1. The van der Waals surface area contributed by atoms with Gasteiger partial charge in [-0.3, -0.25) is 0 Å². The van der Waals surface area contributed by atoms with Crippen molar-refractivity contribution in [2.75, 3.05) is 13.7 Å². The molecule has 0 bridgehead atoms. The van der Waals surface area contributed by atoms with Gasteiger partial charge in [-0.1, -0.05) is 50.0 Å². The fourth-order valence-electron chi connectivity index (χ4n) is 2.56. The van der Waals surface area contributed by atoms with Crippen LogP contribution in [-0.2, 0) is 16.0 Å². The summed E-state index contributed by atoms with van der Waals surface area (Å²) < 4.78 is 10.2. The van der Waals surface area contributed by atoms with Crippen molar-refractivity contribution in [3.05, 3.63) is 42.0 Å². The third kappa shape index (κ3) is 9.07. The van der Waals surface area contributed by atoms with Crippen LogP contribution < -0.4 is 4.74 Å². The van der Waals surface area contributed by atoms with Crippen LogP contribution >= 0.6 is 0 Å². The lowest BCUT2D eigenvalue weighted by molar-refractivity contribution is -0.137. The number of unbranched alkanes of at least 4 members (excludes halogenated alkanes) is 6. The van der Waals surface area contributed by atoms with Gasteiger partial charge in [0.25, 0.3) is 0 Å². The zero-order valence-corrected chi connectivity index (χ0v) is 14.6. The number of para-hydroxylation sites is 1. The Morgan fingerprint density at radius 1 is 1.04 bits per heavy atom. The quantitative estimate of drug-likeness (QED) is 0.306. The van der Waals surface area contributed by atoms with Crippen molar-refractivity contribution in [2.24, 2.45) is 0 Å². The molecule has 0 spiro atoms. The standard InChI is InChI=1S/C20H30O3/c1-3-23-20(21)17-11-9-7-5-4-6-8-10-14-18-15-12-13-16-19(18)22-2/h11-13,15-17H,3-10,14H2,1-2H3. The number of esters is 1. The topological polar surface area (TPSA) is 35.5 Å². The Balaban J connectivity index is 1.98. The summed E-state index contributed by atoms with van der Waals surface area (Å²) in [6.07, 6.45) is 12.9. The van der Waals surface area contributed by atoms with E-state index in [0.29, 0.717) is 6.61 Å². The molecule has 0 aromatic heterocycles. The Kier molecular flexibility index (Phi) is 10.7. The Hall–Kier alpha value is -1.77. The first-order chi connectivity index (χ1) is 11.3. The zero-order chi connectivity index (χ0) is 16.8. The van der Waals surface area contributed by atoms with Crippen LogP contribution in [0.5, 0.6) is 5.75 Å². The molecule has 0 aliphatic carbocycles. The zero-order valence-electron chi connectivity index (χ0n) is 14.6. The van der Waals surface area contributed by atoms with E-state index in [-0.39, 0.29) is 5.97 Å². The van der Waals surface area contributed by atoms with Crippen molar-refractivity contribution in [1.82, 2.24) is 0 Å². The molecule has 128 valence electrons. The SMILES string of the molecule is CCOC(=O)C=CCCCCCCCCc1ccccc1OC. The van der Waals surface area contributed by atoms with E-state index in [2.05, 4.69) is 12.1 Å². The molecule has 3 nitrogen and oxygen atoms in total. The predicted octanol–water partition coefficient (Wildman–Crippen LogP) is 5.09. The lowest BCUT2D eigenvalue weighted by Crippen LogP contribution is -1.98. The van der Waals surface area contributed by atoms with Crippen LogP contribution in [-0.4, -0.2) is 19.7 Å². The largest absolute Gasteiger partial charge is 0.496 e. The third-order valence-electron chi connectivity index (χ3n) is 3.80. The fourth-order valence-corrected chi connectivity index (χ4v) is 2.56. The number of allylic oxidation sites excluding steroid dienone is 1. The van der Waals surface area contributed by atoms with Crippen LogP contribution in [0.3, 0.4) is 0 Å².